The topological polar surface area (TPSA) is 180 Å². The Morgan fingerprint density at radius 2 is 1.49 bits per heavy atom. The van der Waals surface area contributed by atoms with Crippen LogP contribution in [0, 0.1) is 0 Å². The molecule has 1 aromatic carbocycles. The highest BCUT2D eigenvalue weighted by atomic mass is 32.2. The lowest BCUT2D eigenvalue weighted by Crippen LogP contribution is -2.57. The average molecular weight is 667 g/mol. The number of rotatable bonds is 21. The molecule has 45 heavy (non-hydrogen) atoms. The Morgan fingerprint density at radius 1 is 0.844 bits per heavy atom. The molecule has 14 heteroatoms. The van der Waals surface area contributed by atoms with E-state index in [1.807, 2.05) is 0 Å². The average Bonchev–Trinajstić information content (AvgIpc) is 3.54. The second-order valence-corrected chi connectivity index (χ2v) is 13.3. The van der Waals surface area contributed by atoms with Gasteiger partial charge < -0.3 is 31.1 Å². The van der Waals surface area contributed by atoms with Gasteiger partial charge >= 0.3 is 5.97 Å². The lowest BCUT2D eigenvalue weighted by molar-refractivity contribution is -0.142. The third-order valence-electron chi connectivity index (χ3n) is 7.07. The van der Waals surface area contributed by atoms with Crippen LogP contribution in [0.1, 0.15) is 64.4 Å². The summed E-state index contributed by atoms with van der Waals surface area (Å²) in [5.74, 6) is -1.64. The lowest BCUT2D eigenvalue weighted by Gasteiger charge is -2.25. The third kappa shape index (κ3) is 16.3. The summed E-state index contributed by atoms with van der Waals surface area (Å²) in [7, 11) is 0. The van der Waals surface area contributed by atoms with Crippen LogP contribution in [0.5, 0.6) is 0 Å². The highest BCUT2D eigenvalue weighted by Crippen LogP contribution is 2.12. The molecule has 250 valence electrons. The number of benzene rings is 1. The Morgan fingerprint density at radius 3 is 2.11 bits per heavy atom. The smallest absolute Gasteiger partial charge is 0.326 e. The Bertz CT molecular complexity index is 1120. The molecule has 1 heterocycles. The molecule has 0 unspecified atom stereocenters. The molecule has 2 rings (SSSR count). The molecule has 0 aliphatic carbocycles. The van der Waals surface area contributed by atoms with E-state index in [9.17, 15) is 33.9 Å². The number of ether oxygens (including phenoxy) is 1. The summed E-state index contributed by atoms with van der Waals surface area (Å²) in [4.78, 5) is 74.3. The van der Waals surface area contributed by atoms with Gasteiger partial charge in [-0.25, -0.2) is 4.79 Å². The highest BCUT2D eigenvalue weighted by Gasteiger charge is 2.31. The Kier molecular flexibility index (Phi) is 18.5. The van der Waals surface area contributed by atoms with Gasteiger partial charge in [-0.15, -0.1) is 0 Å². The standard InChI is InChI=1S/C31H46N4O8S2/c1-21(36)44-18-8-4-7-12-25(33-28(38)24-13-9-15-32-24)29(39)34-26(14-16-43-17-19-45-22(2)37)30(40)35-27(31(41)42)20-23-10-5-3-6-11-23/h3,5-6,10-11,24-27,32H,4,7-9,12-20H2,1-2H3,(H,33,38)(H,34,39)(H,35,40)(H,41,42)/t24-,25-,26-,27-/m0/s1. The van der Waals surface area contributed by atoms with Gasteiger partial charge in [0, 0.05) is 38.4 Å². The normalized spacial score (nSPS) is 16.3. The number of amides is 3. The van der Waals surface area contributed by atoms with Crippen molar-refractivity contribution in [3.63, 3.8) is 0 Å². The van der Waals surface area contributed by atoms with E-state index in [-0.39, 0.29) is 42.2 Å². The third-order valence-corrected chi connectivity index (χ3v) is 8.74. The van der Waals surface area contributed by atoms with Crippen molar-refractivity contribution in [1.82, 2.24) is 21.3 Å². The molecule has 5 N–H and O–H groups in total. The number of hydrogen-bond acceptors (Lipinski definition) is 10. The van der Waals surface area contributed by atoms with Crippen molar-refractivity contribution >= 4 is 57.4 Å². The number of hydrogen-bond donors (Lipinski definition) is 5. The maximum atomic E-state index is 13.6. The SMILES string of the molecule is CC(=O)SCCCCC[C@H](NC(=O)[C@@H]1CCCN1)C(=O)N[C@@H](CCOCCSC(C)=O)C(=O)N[C@@H](Cc1ccccc1)C(=O)O. The van der Waals surface area contributed by atoms with Gasteiger partial charge in [0.25, 0.3) is 0 Å². The van der Waals surface area contributed by atoms with Crippen molar-refractivity contribution in [2.45, 2.75) is 89.4 Å². The summed E-state index contributed by atoms with van der Waals surface area (Å²) in [5.41, 5.74) is 0.724. The molecular formula is C31H46N4O8S2. The van der Waals surface area contributed by atoms with Gasteiger partial charge in [0.05, 0.1) is 12.6 Å². The molecule has 4 atom stereocenters. The number of nitrogens with one attached hydrogen (secondary N) is 4. The molecular weight excluding hydrogens is 620 g/mol. The molecule has 3 amide bonds. The quantitative estimate of drug-likeness (QED) is 0.121. The first-order valence-corrected chi connectivity index (χ1v) is 17.3. The molecule has 12 nitrogen and oxygen atoms in total. The van der Waals surface area contributed by atoms with Crippen molar-refractivity contribution in [2.75, 3.05) is 31.3 Å². The first-order chi connectivity index (χ1) is 21.6. The summed E-state index contributed by atoms with van der Waals surface area (Å²) >= 11 is 2.36. The van der Waals surface area contributed by atoms with E-state index >= 15 is 0 Å². The van der Waals surface area contributed by atoms with Gasteiger partial charge in [-0.05, 0) is 44.2 Å². The summed E-state index contributed by atoms with van der Waals surface area (Å²) in [6.45, 7) is 4.01. The molecule has 0 radical (unpaired) electrons. The predicted octanol–water partition coefficient (Wildman–Crippen LogP) is 2.05. The van der Waals surface area contributed by atoms with Gasteiger partial charge in [-0.2, -0.15) is 0 Å². The molecule has 1 fully saturated rings. The van der Waals surface area contributed by atoms with Gasteiger partial charge in [-0.3, -0.25) is 24.0 Å². The number of carboxylic acid groups (broad SMARTS) is 1. The van der Waals surface area contributed by atoms with E-state index in [1.165, 1.54) is 25.6 Å². The fraction of sp³-hybridized carbons (Fsp3) is 0.613. The van der Waals surface area contributed by atoms with Crippen LogP contribution in [0.25, 0.3) is 0 Å². The van der Waals surface area contributed by atoms with Crippen LogP contribution in [0.15, 0.2) is 30.3 Å². The first kappa shape index (κ1) is 38.2. The van der Waals surface area contributed by atoms with E-state index in [0.717, 1.165) is 36.6 Å². The maximum absolute atomic E-state index is 13.6. The largest absolute Gasteiger partial charge is 0.480 e. The molecule has 0 saturated carbocycles. The molecule has 1 aliphatic rings. The summed E-state index contributed by atoms with van der Waals surface area (Å²) in [6.07, 6.45) is 4.07. The van der Waals surface area contributed by atoms with E-state index < -0.39 is 42.0 Å². The number of carbonyl (C=O) groups excluding carboxylic acids is 5. The second-order valence-electron chi connectivity index (χ2n) is 10.8. The molecule has 1 saturated heterocycles. The fourth-order valence-corrected chi connectivity index (χ4v) is 5.83. The number of carboxylic acids is 1. The Balaban J connectivity index is 2.11. The first-order valence-electron chi connectivity index (χ1n) is 15.3. The van der Waals surface area contributed by atoms with Crippen LogP contribution in [0.4, 0.5) is 0 Å². The number of carbonyl (C=O) groups is 6. The van der Waals surface area contributed by atoms with Gasteiger partial charge in [0.1, 0.15) is 18.1 Å². The van der Waals surface area contributed by atoms with Gasteiger partial charge in [-0.1, -0.05) is 66.7 Å². The van der Waals surface area contributed by atoms with Crippen LogP contribution in [-0.2, 0) is 39.9 Å². The zero-order valence-corrected chi connectivity index (χ0v) is 27.6. The zero-order valence-electron chi connectivity index (χ0n) is 26.0. The minimum atomic E-state index is -1.23. The van der Waals surface area contributed by atoms with Gasteiger partial charge in [0.2, 0.25) is 17.7 Å². The molecule has 1 aliphatic heterocycles. The summed E-state index contributed by atoms with van der Waals surface area (Å²) < 4.78 is 5.58. The lowest BCUT2D eigenvalue weighted by atomic mass is 10.0. The molecule has 0 spiro atoms. The summed E-state index contributed by atoms with van der Waals surface area (Å²) in [6, 6.07) is 5.21. The predicted molar refractivity (Wildman–Crippen MR) is 175 cm³/mol. The van der Waals surface area contributed by atoms with Crippen molar-refractivity contribution < 1.29 is 38.6 Å². The van der Waals surface area contributed by atoms with E-state index in [4.69, 9.17) is 4.74 Å². The monoisotopic (exact) mass is 666 g/mol. The van der Waals surface area contributed by atoms with E-state index in [1.54, 1.807) is 30.3 Å². The molecule has 1 aromatic rings. The van der Waals surface area contributed by atoms with Crippen LogP contribution in [0.3, 0.4) is 0 Å². The van der Waals surface area contributed by atoms with Crippen LogP contribution in [0.2, 0.25) is 0 Å². The van der Waals surface area contributed by atoms with E-state index in [0.29, 0.717) is 37.3 Å². The second kappa shape index (κ2) is 21.7. The van der Waals surface area contributed by atoms with Crippen molar-refractivity contribution in [3.8, 4) is 0 Å². The summed E-state index contributed by atoms with van der Waals surface area (Å²) in [5, 5.41) is 21.1. The van der Waals surface area contributed by atoms with Crippen LogP contribution >= 0.6 is 23.5 Å². The minimum Gasteiger partial charge on any atom is -0.480 e. The van der Waals surface area contributed by atoms with Gasteiger partial charge in [0.15, 0.2) is 10.2 Å². The van der Waals surface area contributed by atoms with Crippen LogP contribution in [-0.4, -0.2) is 94.5 Å². The van der Waals surface area contributed by atoms with Crippen molar-refractivity contribution in [3.05, 3.63) is 35.9 Å². The van der Waals surface area contributed by atoms with Crippen LogP contribution < -0.4 is 21.3 Å². The molecule has 0 aromatic heterocycles. The zero-order chi connectivity index (χ0) is 33.0. The molecule has 0 bridgehead atoms. The van der Waals surface area contributed by atoms with Crippen molar-refractivity contribution in [2.24, 2.45) is 0 Å². The minimum absolute atomic E-state index is 0.0419. The number of unbranched alkanes of at least 4 members (excludes halogenated alkanes) is 2. The highest BCUT2D eigenvalue weighted by molar-refractivity contribution is 8.13. The fourth-order valence-electron chi connectivity index (χ4n) is 4.70. The Hall–Kier alpha value is -2.94. The number of thioether (sulfide) groups is 2. The van der Waals surface area contributed by atoms with Crippen molar-refractivity contribution in [1.29, 1.82) is 0 Å². The van der Waals surface area contributed by atoms with E-state index in [2.05, 4.69) is 21.3 Å². The maximum Gasteiger partial charge on any atom is 0.326 e. The Labute approximate surface area is 273 Å². The number of aliphatic carboxylic acids is 1.